The second kappa shape index (κ2) is 7.36. The van der Waals surface area contributed by atoms with E-state index in [1.807, 2.05) is 6.07 Å². The van der Waals surface area contributed by atoms with Gasteiger partial charge in [0.1, 0.15) is 6.42 Å². The highest BCUT2D eigenvalue weighted by atomic mass is 16.7. The van der Waals surface area contributed by atoms with Crippen LogP contribution in [0, 0.1) is 11.3 Å². The van der Waals surface area contributed by atoms with E-state index in [0.717, 1.165) is 5.56 Å². The van der Waals surface area contributed by atoms with E-state index >= 15 is 0 Å². The van der Waals surface area contributed by atoms with Crippen LogP contribution in [0.25, 0.3) is 0 Å². The lowest BCUT2D eigenvalue weighted by Crippen LogP contribution is -2.23. The average molecular weight is 337 g/mol. The van der Waals surface area contributed by atoms with Gasteiger partial charge in [-0.1, -0.05) is 18.2 Å². The van der Waals surface area contributed by atoms with Crippen molar-refractivity contribution in [2.24, 2.45) is 0 Å². The number of nitrogens with one attached hydrogen (secondary N) is 2. The summed E-state index contributed by atoms with van der Waals surface area (Å²) in [6, 6.07) is 13.9. The predicted molar refractivity (Wildman–Crippen MR) is 89.0 cm³/mol. The first kappa shape index (κ1) is 16.3. The lowest BCUT2D eigenvalue weighted by molar-refractivity contribution is -0.120. The zero-order chi connectivity index (χ0) is 17.6. The molecular weight excluding hydrogens is 322 g/mol. The van der Waals surface area contributed by atoms with Crippen LogP contribution in [-0.4, -0.2) is 18.6 Å². The van der Waals surface area contributed by atoms with Gasteiger partial charge in [-0.3, -0.25) is 9.59 Å². The van der Waals surface area contributed by atoms with Gasteiger partial charge in [0, 0.05) is 17.8 Å². The molecule has 126 valence electrons. The predicted octanol–water partition coefficient (Wildman–Crippen LogP) is 2.20. The minimum Gasteiger partial charge on any atom is -0.454 e. The number of nitriles is 1. The van der Waals surface area contributed by atoms with Gasteiger partial charge < -0.3 is 20.1 Å². The van der Waals surface area contributed by atoms with Gasteiger partial charge in [0.2, 0.25) is 12.7 Å². The molecule has 7 heteroatoms. The lowest BCUT2D eigenvalue weighted by atomic mass is 10.1. The van der Waals surface area contributed by atoms with Crippen LogP contribution in [0.2, 0.25) is 0 Å². The van der Waals surface area contributed by atoms with Crippen LogP contribution in [-0.2, 0) is 11.3 Å². The summed E-state index contributed by atoms with van der Waals surface area (Å²) in [6.07, 6.45) is -0.203. The Kier molecular flexibility index (Phi) is 4.81. The summed E-state index contributed by atoms with van der Waals surface area (Å²) in [6.45, 7) is 0.365. The van der Waals surface area contributed by atoms with Crippen molar-refractivity contribution in [1.82, 2.24) is 5.32 Å². The first-order valence-electron chi connectivity index (χ1n) is 7.60. The Morgan fingerprint density at radius 1 is 1.12 bits per heavy atom. The summed E-state index contributed by atoms with van der Waals surface area (Å²) < 4.78 is 10.5. The number of ether oxygens (including phenoxy) is 2. The van der Waals surface area contributed by atoms with E-state index in [0.29, 0.717) is 22.7 Å². The molecule has 0 fully saturated rings. The number of benzene rings is 2. The highest BCUT2D eigenvalue weighted by molar-refractivity contribution is 6.05. The van der Waals surface area contributed by atoms with Gasteiger partial charge >= 0.3 is 0 Å². The summed E-state index contributed by atoms with van der Waals surface area (Å²) in [7, 11) is 0. The molecule has 1 heterocycles. The topological polar surface area (TPSA) is 100 Å². The molecule has 0 atom stereocenters. The van der Waals surface area contributed by atoms with Gasteiger partial charge in [-0.25, -0.2) is 0 Å². The summed E-state index contributed by atoms with van der Waals surface area (Å²) in [5.41, 5.74) is 1.76. The maximum Gasteiger partial charge on any atom is 0.255 e. The number of anilines is 1. The van der Waals surface area contributed by atoms with Gasteiger partial charge in [0.05, 0.1) is 6.07 Å². The number of para-hydroxylation sites is 1. The smallest absolute Gasteiger partial charge is 0.255 e. The van der Waals surface area contributed by atoms with Gasteiger partial charge in [-0.15, -0.1) is 0 Å². The number of carbonyl (C=O) groups is 2. The Bertz CT molecular complexity index is 858. The Morgan fingerprint density at radius 2 is 1.92 bits per heavy atom. The third-order valence-electron chi connectivity index (χ3n) is 3.62. The molecule has 0 saturated heterocycles. The molecule has 0 spiro atoms. The van der Waals surface area contributed by atoms with Crippen LogP contribution in [0.3, 0.4) is 0 Å². The van der Waals surface area contributed by atoms with E-state index in [1.165, 1.54) is 0 Å². The van der Waals surface area contributed by atoms with Crippen molar-refractivity contribution in [3.63, 3.8) is 0 Å². The fourth-order valence-corrected chi connectivity index (χ4v) is 2.36. The van der Waals surface area contributed by atoms with Crippen LogP contribution < -0.4 is 20.1 Å². The molecule has 25 heavy (non-hydrogen) atoms. The van der Waals surface area contributed by atoms with E-state index in [2.05, 4.69) is 10.6 Å². The van der Waals surface area contributed by atoms with Crippen LogP contribution in [0.1, 0.15) is 22.3 Å². The van der Waals surface area contributed by atoms with Gasteiger partial charge in [0.15, 0.2) is 11.5 Å². The number of hydrogen-bond acceptors (Lipinski definition) is 5. The Labute approximate surface area is 144 Å². The summed E-state index contributed by atoms with van der Waals surface area (Å²) in [5, 5.41) is 14.0. The van der Waals surface area contributed by atoms with Crippen LogP contribution >= 0.6 is 0 Å². The number of nitrogens with zero attached hydrogens (tertiary/aromatic N) is 1. The van der Waals surface area contributed by atoms with Crippen molar-refractivity contribution < 1.29 is 19.1 Å². The summed E-state index contributed by atoms with van der Waals surface area (Å²) in [4.78, 5) is 23.9. The van der Waals surface area contributed by atoms with Crippen molar-refractivity contribution >= 4 is 17.5 Å². The van der Waals surface area contributed by atoms with Gasteiger partial charge in [-0.05, 0) is 29.8 Å². The minimum absolute atomic E-state index is 0.144. The SMILES string of the molecule is N#CCC(=O)NCc1ccccc1NC(=O)c1ccc2c(c1)OCO2. The third kappa shape index (κ3) is 3.87. The normalized spacial score (nSPS) is 11.5. The standard InChI is InChI=1S/C18H15N3O4/c19-8-7-17(22)20-10-13-3-1-2-4-14(13)21-18(23)12-5-6-15-16(9-12)25-11-24-15/h1-6,9H,7,10-11H2,(H,20,22)(H,21,23). The quantitative estimate of drug-likeness (QED) is 0.871. The molecule has 0 aromatic heterocycles. The molecule has 0 saturated carbocycles. The maximum absolute atomic E-state index is 12.5. The Morgan fingerprint density at radius 3 is 2.76 bits per heavy atom. The molecule has 2 aromatic rings. The van der Waals surface area contributed by atoms with E-state index in [9.17, 15) is 9.59 Å². The fourth-order valence-electron chi connectivity index (χ4n) is 2.36. The van der Waals surface area contributed by atoms with E-state index in [-0.39, 0.29) is 31.6 Å². The molecule has 2 aromatic carbocycles. The molecule has 3 rings (SSSR count). The van der Waals surface area contributed by atoms with Crippen molar-refractivity contribution in [3.8, 4) is 17.6 Å². The molecule has 1 aliphatic rings. The number of hydrogen-bond donors (Lipinski definition) is 2. The first-order chi connectivity index (χ1) is 12.2. The summed E-state index contributed by atoms with van der Waals surface area (Å²) in [5.74, 6) is 0.482. The highest BCUT2D eigenvalue weighted by Gasteiger charge is 2.17. The number of amides is 2. The van der Waals surface area contributed by atoms with E-state index in [4.69, 9.17) is 14.7 Å². The Hall–Kier alpha value is -3.53. The molecular formula is C18H15N3O4. The minimum atomic E-state index is -0.362. The van der Waals surface area contributed by atoms with Gasteiger partial charge in [0.25, 0.3) is 5.91 Å². The number of fused-ring (bicyclic) bond motifs is 1. The summed E-state index contributed by atoms with van der Waals surface area (Å²) >= 11 is 0. The average Bonchev–Trinajstić information content (AvgIpc) is 3.09. The lowest BCUT2D eigenvalue weighted by Gasteiger charge is -2.12. The van der Waals surface area contributed by atoms with Crippen LogP contribution in [0.15, 0.2) is 42.5 Å². The van der Waals surface area contributed by atoms with E-state index < -0.39 is 0 Å². The van der Waals surface area contributed by atoms with Crippen molar-refractivity contribution in [2.75, 3.05) is 12.1 Å². The molecule has 0 aliphatic carbocycles. The van der Waals surface area contributed by atoms with Gasteiger partial charge in [-0.2, -0.15) is 5.26 Å². The van der Waals surface area contributed by atoms with Crippen LogP contribution in [0.4, 0.5) is 5.69 Å². The molecule has 1 aliphatic heterocycles. The third-order valence-corrected chi connectivity index (χ3v) is 3.62. The molecule has 7 nitrogen and oxygen atoms in total. The monoisotopic (exact) mass is 337 g/mol. The Balaban J connectivity index is 1.71. The fraction of sp³-hybridized carbons (Fsp3) is 0.167. The second-order valence-corrected chi connectivity index (χ2v) is 5.29. The van der Waals surface area contributed by atoms with Crippen molar-refractivity contribution in [2.45, 2.75) is 13.0 Å². The number of carbonyl (C=O) groups excluding carboxylic acids is 2. The molecule has 0 unspecified atom stereocenters. The van der Waals surface area contributed by atoms with Crippen LogP contribution in [0.5, 0.6) is 11.5 Å². The highest BCUT2D eigenvalue weighted by Crippen LogP contribution is 2.32. The van der Waals surface area contributed by atoms with E-state index in [1.54, 1.807) is 42.5 Å². The molecule has 2 N–H and O–H groups in total. The molecule has 0 bridgehead atoms. The molecule has 2 amide bonds. The molecule has 0 radical (unpaired) electrons. The first-order valence-corrected chi connectivity index (χ1v) is 7.60. The number of rotatable bonds is 5. The largest absolute Gasteiger partial charge is 0.454 e. The second-order valence-electron chi connectivity index (χ2n) is 5.29. The van der Waals surface area contributed by atoms with Crippen molar-refractivity contribution in [1.29, 1.82) is 5.26 Å². The zero-order valence-electron chi connectivity index (χ0n) is 13.2. The van der Waals surface area contributed by atoms with Crippen molar-refractivity contribution in [3.05, 3.63) is 53.6 Å². The maximum atomic E-state index is 12.5. The zero-order valence-corrected chi connectivity index (χ0v) is 13.2.